The number of carbonyl (C=O) groups is 2. The van der Waals surface area contributed by atoms with Gasteiger partial charge in [-0.15, -0.1) is 0 Å². The molecule has 2 amide bonds. The van der Waals surface area contributed by atoms with E-state index in [0.717, 1.165) is 12.8 Å². The van der Waals surface area contributed by atoms with Gasteiger partial charge in [-0.3, -0.25) is 9.59 Å². The van der Waals surface area contributed by atoms with Gasteiger partial charge in [-0.05, 0) is 37.1 Å². The van der Waals surface area contributed by atoms with Crippen LogP contribution in [0.25, 0.3) is 0 Å². The molecule has 0 aromatic heterocycles. The molecule has 24 heavy (non-hydrogen) atoms. The van der Waals surface area contributed by atoms with Crippen molar-refractivity contribution in [3.63, 3.8) is 0 Å². The lowest BCUT2D eigenvalue weighted by Crippen LogP contribution is -2.44. The molecule has 5 nitrogen and oxygen atoms in total. The van der Waals surface area contributed by atoms with E-state index in [0.29, 0.717) is 17.5 Å². The predicted octanol–water partition coefficient (Wildman–Crippen LogP) is 3.03. The summed E-state index contributed by atoms with van der Waals surface area (Å²) in [6.07, 6.45) is 8.71. The van der Waals surface area contributed by atoms with Crippen LogP contribution in [0.4, 0.5) is 5.69 Å². The quantitative estimate of drug-likeness (QED) is 0.862. The van der Waals surface area contributed by atoms with Crippen molar-refractivity contribution in [2.24, 2.45) is 0 Å². The van der Waals surface area contributed by atoms with Crippen LogP contribution >= 0.6 is 0 Å². The van der Waals surface area contributed by atoms with E-state index in [1.807, 2.05) is 0 Å². The fourth-order valence-corrected chi connectivity index (χ4v) is 3.67. The molecule has 1 aliphatic carbocycles. The highest BCUT2D eigenvalue weighted by Crippen LogP contribution is 2.26. The molecule has 0 unspecified atom stereocenters. The molecule has 2 fully saturated rings. The van der Waals surface area contributed by atoms with Gasteiger partial charge >= 0.3 is 0 Å². The Bertz CT molecular complexity index is 577. The van der Waals surface area contributed by atoms with Crippen LogP contribution < -0.4 is 15.0 Å². The number of imide groups is 1. The number of anilines is 1. The van der Waals surface area contributed by atoms with Gasteiger partial charge in [0.05, 0.1) is 25.3 Å². The molecule has 1 saturated carbocycles. The summed E-state index contributed by atoms with van der Waals surface area (Å²) in [6.45, 7) is 0. The monoisotopic (exact) mass is 330 g/mol. The van der Waals surface area contributed by atoms with Gasteiger partial charge in [0.2, 0.25) is 5.91 Å². The van der Waals surface area contributed by atoms with Crippen LogP contribution in [0.5, 0.6) is 5.75 Å². The molecule has 3 rings (SSSR count). The maximum absolute atomic E-state index is 12.7. The standard InChI is InChI=1S/C19H26N2O3/c1-24-16-11-9-15(10-12-16)21-18(22)13-17(19(21)23)20-14-7-5-3-2-4-6-8-14/h9-12,14,17,20H,2-8,13H2,1H3/t17-/m0/s1. The molecule has 1 aliphatic heterocycles. The number of amides is 2. The van der Waals surface area contributed by atoms with Crippen molar-refractivity contribution in [3.05, 3.63) is 24.3 Å². The zero-order valence-corrected chi connectivity index (χ0v) is 14.3. The van der Waals surface area contributed by atoms with Crippen LogP contribution in [-0.2, 0) is 9.59 Å². The number of nitrogens with one attached hydrogen (secondary N) is 1. The Labute approximate surface area is 143 Å². The van der Waals surface area contributed by atoms with Crippen LogP contribution in [0.15, 0.2) is 24.3 Å². The van der Waals surface area contributed by atoms with Crippen molar-refractivity contribution < 1.29 is 14.3 Å². The molecule has 0 bridgehead atoms. The summed E-state index contributed by atoms with van der Waals surface area (Å²) >= 11 is 0. The highest BCUT2D eigenvalue weighted by molar-refractivity contribution is 6.22. The molecule has 5 heteroatoms. The minimum absolute atomic E-state index is 0.131. The highest BCUT2D eigenvalue weighted by atomic mass is 16.5. The summed E-state index contributed by atoms with van der Waals surface area (Å²) in [7, 11) is 1.59. The van der Waals surface area contributed by atoms with E-state index in [-0.39, 0.29) is 24.3 Å². The van der Waals surface area contributed by atoms with Crippen molar-refractivity contribution in [1.82, 2.24) is 5.32 Å². The van der Waals surface area contributed by atoms with Gasteiger partial charge in [-0.25, -0.2) is 4.90 Å². The number of nitrogens with zero attached hydrogens (tertiary/aromatic N) is 1. The normalized spacial score (nSPS) is 23.2. The van der Waals surface area contributed by atoms with E-state index in [2.05, 4.69) is 5.32 Å². The second-order valence-corrected chi connectivity index (χ2v) is 6.73. The summed E-state index contributed by atoms with van der Waals surface area (Å²) in [5, 5.41) is 3.45. The van der Waals surface area contributed by atoms with E-state index in [1.165, 1.54) is 37.0 Å². The van der Waals surface area contributed by atoms with Crippen molar-refractivity contribution >= 4 is 17.5 Å². The fraction of sp³-hybridized carbons (Fsp3) is 0.579. The summed E-state index contributed by atoms with van der Waals surface area (Å²) in [5.74, 6) is 0.447. The van der Waals surface area contributed by atoms with Crippen LogP contribution in [-0.4, -0.2) is 31.0 Å². The number of hydrogen-bond acceptors (Lipinski definition) is 4. The first kappa shape index (κ1) is 17.0. The second kappa shape index (κ2) is 7.79. The minimum atomic E-state index is -0.385. The first-order valence-corrected chi connectivity index (χ1v) is 8.96. The van der Waals surface area contributed by atoms with Gasteiger partial charge in [0, 0.05) is 6.04 Å². The molecule has 130 valence electrons. The third-order valence-corrected chi connectivity index (χ3v) is 5.02. The molecule has 1 N–H and O–H groups in total. The first-order chi connectivity index (χ1) is 11.7. The molecular weight excluding hydrogens is 304 g/mol. The minimum Gasteiger partial charge on any atom is -0.497 e. The van der Waals surface area contributed by atoms with E-state index >= 15 is 0 Å². The summed E-state index contributed by atoms with van der Waals surface area (Å²) in [5.41, 5.74) is 0.618. The van der Waals surface area contributed by atoms with Gasteiger partial charge < -0.3 is 10.1 Å². The average Bonchev–Trinajstić information content (AvgIpc) is 2.84. The highest BCUT2D eigenvalue weighted by Gasteiger charge is 2.40. The van der Waals surface area contributed by atoms with Gasteiger partial charge in [0.1, 0.15) is 5.75 Å². The Morgan fingerprint density at radius 3 is 2.25 bits per heavy atom. The fourth-order valence-electron chi connectivity index (χ4n) is 3.67. The van der Waals surface area contributed by atoms with Crippen molar-refractivity contribution in [3.8, 4) is 5.75 Å². The Kier molecular flexibility index (Phi) is 5.51. The molecule has 0 spiro atoms. The Morgan fingerprint density at radius 1 is 1.00 bits per heavy atom. The third kappa shape index (κ3) is 3.78. The topological polar surface area (TPSA) is 58.6 Å². The van der Waals surface area contributed by atoms with E-state index in [1.54, 1.807) is 31.4 Å². The van der Waals surface area contributed by atoms with Crippen molar-refractivity contribution in [2.75, 3.05) is 12.0 Å². The number of hydrogen-bond donors (Lipinski definition) is 1. The van der Waals surface area contributed by atoms with Crippen LogP contribution in [0.2, 0.25) is 0 Å². The molecule has 1 aromatic rings. The average molecular weight is 330 g/mol. The Hall–Kier alpha value is -1.88. The zero-order valence-electron chi connectivity index (χ0n) is 14.3. The zero-order chi connectivity index (χ0) is 16.9. The van der Waals surface area contributed by atoms with Gasteiger partial charge in [0.15, 0.2) is 0 Å². The lowest BCUT2D eigenvalue weighted by Gasteiger charge is -2.24. The second-order valence-electron chi connectivity index (χ2n) is 6.73. The van der Waals surface area contributed by atoms with Crippen LogP contribution in [0.1, 0.15) is 51.4 Å². The van der Waals surface area contributed by atoms with Crippen molar-refractivity contribution in [2.45, 2.75) is 63.5 Å². The molecule has 0 radical (unpaired) electrons. The Balaban J connectivity index is 1.66. The molecule has 2 aliphatic rings. The van der Waals surface area contributed by atoms with E-state index in [9.17, 15) is 9.59 Å². The summed E-state index contributed by atoms with van der Waals surface area (Å²) in [6, 6.07) is 7.02. The molecule has 1 aromatic carbocycles. The number of ether oxygens (including phenoxy) is 1. The van der Waals surface area contributed by atoms with Gasteiger partial charge in [-0.2, -0.15) is 0 Å². The molecular formula is C19H26N2O3. The predicted molar refractivity (Wildman–Crippen MR) is 93.1 cm³/mol. The lowest BCUT2D eigenvalue weighted by molar-refractivity contribution is -0.121. The summed E-state index contributed by atoms with van der Waals surface area (Å²) in [4.78, 5) is 26.4. The largest absolute Gasteiger partial charge is 0.497 e. The number of rotatable bonds is 4. The van der Waals surface area contributed by atoms with Crippen molar-refractivity contribution in [1.29, 1.82) is 0 Å². The molecule has 1 saturated heterocycles. The summed E-state index contributed by atoms with van der Waals surface area (Å²) < 4.78 is 5.13. The van der Waals surface area contributed by atoms with Gasteiger partial charge in [0.25, 0.3) is 5.91 Å². The first-order valence-electron chi connectivity index (χ1n) is 8.96. The SMILES string of the molecule is COc1ccc(N2C(=O)C[C@H](NC3CCCCCCC3)C2=O)cc1. The Morgan fingerprint density at radius 2 is 1.62 bits per heavy atom. The van der Waals surface area contributed by atoms with E-state index < -0.39 is 0 Å². The smallest absolute Gasteiger partial charge is 0.251 e. The van der Waals surface area contributed by atoms with Gasteiger partial charge in [-0.1, -0.05) is 32.1 Å². The maximum Gasteiger partial charge on any atom is 0.251 e. The number of benzene rings is 1. The van der Waals surface area contributed by atoms with Crippen LogP contribution in [0.3, 0.4) is 0 Å². The molecule has 1 atom stereocenters. The van der Waals surface area contributed by atoms with Crippen LogP contribution in [0, 0.1) is 0 Å². The lowest BCUT2D eigenvalue weighted by atomic mass is 9.96. The number of carbonyl (C=O) groups excluding carboxylic acids is 2. The molecule has 1 heterocycles. The number of methoxy groups -OCH3 is 1. The van der Waals surface area contributed by atoms with E-state index in [4.69, 9.17) is 4.74 Å². The third-order valence-electron chi connectivity index (χ3n) is 5.02. The maximum atomic E-state index is 12.7.